The van der Waals surface area contributed by atoms with Crippen molar-refractivity contribution in [1.29, 1.82) is 0 Å². The summed E-state index contributed by atoms with van der Waals surface area (Å²) in [7, 11) is 2.07. The lowest BCUT2D eigenvalue weighted by molar-refractivity contribution is -0.143. The molecule has 1 atom stereocenters. The smallest absolute Gasteiger partial charge is 0.325 e. The van der Waals surface area contributed by atoms with Gasteiger partial charge in [0.05, 0.1) is 0 Å². The fourth-order valence-corrected chi connectivity index (χ4v) is 2.92. The number of carbonyl (C=O) groups is 1. The van der Waals surface area contributed by atoms with Crippen LogP contribution in [0.15, 0.2) is 18.2 Å². The zero-order chi connectivity index (χ0) is 14.8. The molecule has 6 heteroatoms. The summed E-state index contributed by atoms with van der Waals surface area (Å²) < 4.78 is 10.6. The minimum absolute atomic E-state index is 0.199. The highest BCUT2D eigenvalue weighted by atomic mass is 16.7. The molecule has 0 radical (unpaired) electrons. The highest BCUT2D eigenvalue weighted by molar-refractivity contribution is 5.76. The number of carboxylic acid groups (broad SMARTS) is 1. The molecule has 0 bridgehead atoms. The molecule has 21 heavy (non-hydrogen) atoms. The number of aliphatic carboxylic acids is 1. The monoisotopic (exact) mass is 292 g/mol. The van der Waals surface area contributed by atoms with Gasteiger partial charge in [0.1, 0.15) is 6.04 Å². The standard InChI is InChI=1S/C15H20N2O4/c1-16-5-2-6-17(8-7-16)14(15(18)19)11-3-4-12-13(9-11)21-10-20-12/h3-4,9,14H,2,5-8,10H2,1H3,(H,18,19)/t14-/m0/s1. The molecule has 2 aliphatic heterocycles. The van der Waals surface area contributed by atoms with E-state index in [1.165, 1.54) is 0 Å². The number of carboxylic acids is 1. The number of fused-ring (bicyclic) bond motifs is 1. The van der Waals surface area contributed by atoms with Gasteiger partial charge in [0, 0.05) is 19.6 Å². The summed E-state index contributed by atoms with van der Waals surface area (Å²) in [6.07, 6.45) is 0.977. The molecule has 0 aliphatic carbocycles. The van der Waals surface area contributed by atoms with Crippen LogP contribution in [0.4, 0.5) is 0 Å². The predicted molar refractivity (Wildman–Crippen MR) is 76.6 cm³/mol. The quantitative estimate of drug-likeness (QED) is 0.902. The van der Waals surface area contributed by atoms with Crippen molar-refractivity contribution in [3.05, 3.63) is 23.8 Å². The minimum atomic E-state index is -0.821. The van der Waals surface area contributed by atoms with Crippen LogP contribution in [-0.4, -0.2) is 60.9 Å². The Morgan fingerprint density at radius 1 is 1.19 bits per heavy atom. The van der Waals surface area contributed by atoms with Gasteiger partial charge in [-0.15, -0.1) is 0 Å². The first-order valence-electron chi connectivity index (χ1n) is 7.20. The van der Waals surface area contributed by atoms with Gasteiger partial charge in [0.25, 0.3) is 0 Å². The van der Waals surface area contributed by atoms with Crippen molar-refractivity contribution in [2.24, 2.45) is 0 Å². The van der Waals surface area contributed by atoms with Crippen LogP contribution < -0.4 is 9.47 Å². The van der Waals surface area contributed by atoms with Gasteiger partial charge in [-0.05, 0) is 37.7 Å². The molecule has 2 aliphatic rings. The molecule has 1 N–H and O–H groups in total. The van der Waals surface area contributed by atoms with Crippen LogP contribution in [0.2, 0.25) is 0 Å². The highest BCUT2D eigenvalue weighted by Gasteiger charge is 2.30. The Morgan fingerprint density at radius 3 is 2.81 bits per heavy atom. The summed E-state index contributed by atoms with van der Waals surface area (Å²) in [6, 6.07) is 4.76. The third kappa shape index (κ3) is 2.96. The molecular formula is C15H20N2O4. The lowest BCUT2D eigenvalue weighted by Gasteiger charge is -2.27. The Hall–Kier alpha value is -1.79. The lowest BCUT2D eigenvalue weighted by Crippen LogP contribution is -2.36. The van der Waals surface area contributed by atoms with Gasteiger partial charge in [0.2, 0.25) is 6.79 Å². The number of hydrogen-bond donors (Lipinski definition) is 1. The van der Waals surface area contributed by atoms with Gasteiger partial charge in [0.15, 0.2) is 11.5 Å². The van der Waals surface area contributed by atoms with E-state index in [0.29, 0.717) is 11.5 Å². The minimum Gasteiger partial charge on any atom is -0.480 e. The van der Waals surface area contributed by atoms with E-state index in [0.717, 1.165) is 38.2 Å². The molecule has 6 nitrogen and oxygen atoms in total. The number of nitrogens with zero attached hydrogens (tertiary/aromatic N) is 2. The second kappa shape index (κ2) is 5.91. The average Bonchev–Trinajstić information content (AvgIpc) is 2.82. The second-order valence-corrected chi connectivity index (χ2v) is 5.55. The fourth-order valence-electron chi connectivity index (χ4n) is 2.92. The van der Waals surface area contributed by atoms with Crippen LogP contribution in [0.1, 0.15) is 18.0 Å². The third-order valence-corrected chi connectivity index (χ3v) is 4.07. The molecule has 1 saturated heterocycles. The van der Waals surface area contributed by atoms with E-state index in [9.17, 15) is 9.90 Å². The largest absolute Gasteiger partial charge is 0.480 e. The molecule has 1 aromatic rings. The van der Waals surface area contributed by atoms with Crippen molar-refractivity contribution in [2.75, 3.05) is 40.0 Å². The summed E-state index contributed by atoms with van der Waals surface area (Å²) in [6.45, 7) is 3.63. The van der Waals surface area contributed by atoms with E-state index in [1.54, 1.807) is 12.1 Å². The SMILES string of the molecule is CN1CCCN([C@H](C(=O)O)c2ccc3c(c2)OCO3)CC1. The summed E-state index contributed by atoms with van der Waals surface area (Å²) in [4.78, 5) is 16.0. The third-order valence-electron chi connectivity index (χ3n) is 4.07. The van der Waals surface area contributed by atoms with Crippen molar-refractivity contribution in [2.45, 2.75) is 12.5 Å². The van der Waals surface area contributed by atoms with E-state index in [2.05, 4.69) is 11.9 Å². The topological polar surface area (TPSA) is 62.2 Å². The molecule has 1 fully saturated rings. The molecule has 0 unspecified atom stereocenters. The average molecular weight is 292 g/mol. The van der Waals surface area contributed by atoms with Crippen LogP contribution in [0.3, 0.4) is 0 Å². The number of ether oxygens (including phenoxy) is 2. The lowest BCUT2D eigenvalue weighted by atomic mass is 10.0. The summed E-state index contributed by atoms with van der Waals surface area (Å²) in [5, 5.41) is 9.66. The molecule has 0 aromatic heterocycles. The van der Waals surface area contributed by atoms with Gasteiger partial charge >= 0.3 is 5.97 Å². The first-order chi connectivity index (χ1) is 10.1. The first kappa shape index (κ1) is 14.2. The Morgan fingerprint density at radius 2 is 2.00 bits per heavy atom. The van der Waals surface area contributed by atoms with Crippen molar-refractivity contribution >= 4 is 5.97 Å². The fraction of sp³-hybridized carbons (Fsp3) is 0.533. The van der Waals surface area contributed by atoms with Crippen LogP contribution in [0.25, 0.3) is 0 Å². The molecule has 114 valence electrons. The Balaban J connectivity index is 1.85. The van der Waals surface area contributed by atoms with Gasteiger partial charge in [-0.25, -0.2) is 0 Å². The molecule has 3 rings (SSSR count). The maximum absolute atomic E-state index is 11.8. The van der Waals surface area contributed by atoms with Crippen molar-refractivity contribution in [1.82, 2.24) is 9.80 Å². The molecule has 0 saturated carbocycles. The number of benzene rings is 1. The molecule has 1 aromatic carbocycles. The van der Waals surface area contributed by atoms with Crippen molar-refractivity contribution < 1.29 is 19.4 Å². The van der Waals surface area contributed by atoms with Gasteiger partial charge in [-0.1, -0.05) is 6.07 Å². The number of rotatable bonds is 3. The Labute approximate surface area is 123 Å². The Bertz CT molecular complexity index is 534. The van der Waals surface area contributed by atoms with E-state index in [4.69, 9.17) is 9.47 Å². The van der Waals surface area contributed by atoms with Crippen molar-refractivity contribution in [3.8, 4) is 11.5 Å². The zero-order valence-corrected chi connectivity index (χ0v) is 12.1. The Kier molecular flexibility index (Phi) is 3.98. The highest BCUT2D eigenvalue weighted by Crippen LogP contribution is 2.35. The maximum Gasteiger partial charge on any atom is 0.325 e. The van der Waals surface area contributed by atoms with Gasteiger partial charge in [-0.2, -0.15) is 0 Å². The molecule has 0 amide bonds. The zero-order valence-electron chi connectivity index (χ0n) is 12.1. The van der Waals surface area contributed by atoms with E-state index >= 15 is 0 Å². The van der Waals surface area contributed by atoms with E-state index in [1.807, 2.05) is 11.0 Å². The second-order valence-electron chi connectivity index (χ2n) is 5.55. The van der Waals surface area contributed by atoms with Crippen LogP contribution in [0.5, 0.6) is 11.5 Å². The van der Waals surface area contributed by atoms with E-state index < -0.39 is 12.0 Å². The predicted octanol–water partition coefficient (Wildman–Crippen LogP) is 1.18. The van der Waals surface area contributed by atoms with E-state index in [-0.39, 0.29) is 6.79 Å². The number of hydrogen-bond acceptors (Lipinski definition) is 5. The first-order valence-corrected chi connectivity index (χ1v) is 7.20. The summed E-state index contributed by atoms with van der Waals surface area (Å²) >= 11 is 0. The summed E-state index contributed by atoms with van der Waals surface area (Å²) in [5.74, 6) is 0.489. The summed E-state index contributed by atoms with van der Waals surface area (Å²) in [5.41, 5.74) is 0.747. The molecule has 2 heterocycles. The van der Waals surface area contributed by atoms with Crippen molar-refractivity contribution in [3.63, 3.8) is 0 Å². The van der Waals surface area contributed by atoms with Gasteiger partial charge < -0.3 is 19.5 Å². The normalized spacial score (nSPS) is 21.0. The molecule has 0 spiro atoms. The van der Waals surface area contributed by atoms with Crippen LogP contribution in [0, 0.1) is 0 Å². The van der Waals surface area contributed by atoms with Gasteiger partial charge in [-0.3, -0.25) is 9.69 Å². The molecular weight excluding hydrogens is 272 g/mol. The van der Waals surface area contributed by atoms with Crippen LogP contribution >= 0.6 is 0 Å². The maximum atomic E-state index is 11.8. The number of likely N-dealkylation sites (N-methyl/N-ethyl adjacent to an activating group) is 1. The van der Waals surface area contributed by atoms with Crippen LogP contribution in [-0.2, 0) is 4.79 Å².